The number of benzene rings is 2. The minimum absolute atomic E-state index is 0.0553. The molecule has 1 aliphatic rings. The molecular weight excluding hydrogens is 488 g/mol. The van der Waals surface area contributed by atoms with Gasteiger partial charge in [-0.2, -0.15) is 13.2 Å². The van der Waals surface area contributed by atoms with Crippen molar-refractivity contribution >= 4 is 28.9 Å². The van der Waals surface area contributed by atoms with E-state index in [2.05, 4.69) is 10.6 Å². The normalized spacial score (nSPS) is 15.8. The van der Waals surface area contributed by atoms with Gasteiger partial charge in [-0.15, -0.1) is 0 Å². The van der Waals surface area contributed by atoms with Gasteiger partial charge < -0.3 is 20.6 Å². The number of alkyl halides is 3. The SMILES string of the molecule is C[C@H](O)CNCc1ccc(C(=O)Nc2ccc(Cl)cc2N2CCN(CCC(F)(F)F)CC2)c(F)c1. The number of aliphatic hydroxyl groups is 1. The van der Waals surface area contributed by atoms with Crippen LogP contribution in [0.4, 0.5) is 28.9 Å². The second kappa shape index (κ2) is 12.0. The van der Waals surface area contributed by atoms with Crippen molar-refractivity contribution in [3.63, 3.8) is 0 Å². The van der Waals surface area contributed by atoms with Crippen LogP contribution in [0.15, 0.2) is 36.4 Å². The summed E-state index contributed by atoms with van der Waals surface area (Å²) in [4.78, 5) is 16.5. The Morgan fingerprint density at radius 2 is 1.86 bits per heavy atom. The molecule has 0 spiro atoms. The Morgan fingerprint density at radius 3 is 2.49 bits per heavy atom. The second-order valence-corrected chi connectivity index (χ2v) is 9.04. The standard InChI is InChI=1S/C24H29ClF4N4O2/c1-16(34)14-30-15-17-2-4-19(20(26)12-17)23(35)31-21-5-3-18(25)13-22(21)33-10-8-32(9-11-33)7-6-24(27,28)29/h2-5,12-13,16,30,34H,6-11,14-15H2,1H3,(H,31,35)/t16-/m0/s1. The Kier molecular flexibility index (Phi) is 9.34. The van der Waals surface area contributed by atoms with Gasteiger partial charge in [-0.3, -0.25) is 9.69 Å². The second-order valence-electron chi connectivity index (χ2n) is 8.60. The van der Waals surface area contributed by atoms with Gasteiger partial charge in [0.1, 0.15) is 5.82 Å². The maximum atomic E-state index is 14.7. The lowest BCUT2D eigenvalue weighted by atomic mass is 10.1. The van der Waals surface area contributed by atoms with Gasteiger partial charge in [-0.25, -0.2) is 4.39 Å². The van der Waals surface area contributed by atoms with Gasteiger partial charge in [-0.05, 0) is 42.8 Å². The fourth-order valence-electron chi connectivity index (χ4n) is 3.84. The zero-order valence-corrected chi connectivity index (χ0v) is 20.1. The first kappa shape index (κ1) is 27.2. The number of hydrogen-bond donors (Lipinski definition) is 3. The van der Waals surface area contributed by atoms with Crippen molar-refractivity contribution < 1.29 is 27.5 Å². The predicted octanol–water partition coefficient (Wildman–Crippen LogP) is 4.28. The maximum Gasteiger partial charge on any atom is 0.390 e. The number of anilines is 2. The van der Waals surface area contributed by atoms with Crippen LogP contribution in [0.5, 0.6) is 0 Å². The number of amides is 1. The summed E-state index contributed by atoms with van der Waals surface area (Å²) in [5, 5.41) is 15.5. The van der Waals surface area contributed by atoms with Gasteiger partial charge in [0.05, 0.1) is 29.5 Å². The number of carbonyl (C=O) groups is 1. The molecular formula is C24H29ClF4N4O2. The molecule has 0 radical (unpaired) electrons. The Hall–Kier alpha value is -2.40. The van der Waals surface area contributed by atoms with Crippen molar-refractivity contribution in [2.24, 2.45) is 0 Å². The lowest BCUT2D eigenvalue weighted by Crippen LogP contribution is -2.47. The van der Waals surface area contributed by atoms with Gasteiger partial charge in [-0.1, -0.05) is 17.7 Å². The molecule has 1 fully saturated rings. The lowest BCUT2D eigenvalue weighted by Gasteiger charge is -2.37. The molecule has 35 heavy (non-hydrogen) atoms. The Bertz CT molecular complexity index is 1010. The van der Waals surface area contributed by atoms with Crippen LogP contribution in [0, 0.1) is 5.82 Å². The Morgan fingerprint density at radius 1 is 1.14 bits per heavy atom. The van der Waals surface area contributed by atoms with E-state index in [0.29, 0.717) is 61.2 Å². The van der Waals surface area contributed by atoms with Crippen LogP contribution in [0.3, 0.4) is 0 Å². The number of piperazine rings is 1. The van der Waals surface area contributed by atoms with Crippen molar-refractivity contribution in [2.75, 3.05) is 49.5 Å². The van der Waals surface area contributed by atoms with Crippen LogP contribution in [-0.4, -0.2) is 67.5 Å². The summed E-state index contributed by atoms with van der Waals surface area (Å²) in [5.41, 5.74) is 1.57. The van der Waals surface area contributed by atoms with Crippen molar-refractivity contribution in [3.8, 4) is 0 Å². The average molecular weight is 517 g/mol. The zero-order valence-electron chi connectivity index (χ0n) is 19.3. The van der Waals surface area contributed by atoms with E-state index in [9.17, 15) is 27.5 Å². The van der Waals surface area contributed by atoms with Gasteiger partial charge in [0, 0.05) is 50.8 Å². The highest BCUT2D eigenvalue weighted by Gasteiger charge is 2.29. The van der Waals surface area contributed by atoms with E-state index in [1.54, 1.807) is 36.1 Å². The molecule has 3 N–H and O–H groups in total. The summed E-state index contributed by atoms with van der Waals surface area (Å²) in [6.45, 7) is 4.09. The zero-order chi connectivity index (χ0) is 25.6. The molecule has 0 aliphatic carbocycles. The molecule has 2 aromatic rings. The van der Waals surface area contributed by atoms with Crippen molar-refractivity contribution in [1.29, 1.82) is 0 Å². The number of aliphatic hydroxyl groups excluding tert-OH is 1. The molecule has 11 heteroatoms. The van der Waals surface area contributed by atoms with Gasteiger partial charge >= 0.3 is 6.18 Å². The summed E-state index contributed by atoms with van der Waals surface area (Å²) in [5.74, 6) is -1.30. The highest BCUT2D eigenvalue weighted by molar-refractivity contribution is 6.31. The minimum atomic E-state index is -4.19. The summed E-state index contributed by atoms with van der Waals surface area (Å²) >= 11 is 6.17. The highest BCUT2D eigenvalue weighted by Crippen LogP contribution is 2.31. The molecule has 1 heterocycles. The summed E-state index contributed by atoms with van der Waals surface area (Å²) < 4.78 is 52.2. The molecule has 0 aromatic heterocycles. The van der Waals surface area contributed by atoms with Crippen molar-refractivity contribution in [2.45, 2.75) is 32.2 Å². The topological polar surface area (TPSA) is 67.8 Å². The molecule has 2 aromatic carbocycles. The van der Waals surface area contributed by atoms with Gasteiger partial charge in [0.15, 0.2) is 0 Å². The van der Waals surface area contributed by atoms with E-state index in [0.717, 1.165) is 0 Å². The van der Waals surface area contributed by atoms with Gasteiger partial charge in [0.2, 0.25) is 0 Å². The predicted molar refractivity (Wildman–Crippen MR) is 129 cm³/mol. The van der Waals surface area contributed by atoms with Crippen molar-refractivity contribution in [3.05, 3.63) is 58.4 Å². The molecule has 1 saturated heterocycles. The summed E-state index contributed by atoms with van der Waals surface area (Å²) in [7, 11) is 0. The van der Waals surface area contributed by atoms with Gasteiger partial charge in [0.25, 0.3) is 5.91 Å². The molecule has 192 valence electrons. The van der Waals surface area contributed by atoms with E-state index in [4.69, 9.17) is 11.6 Å². The molecule has 1 amide bonds. The third kappa shape index (κ3) is 8.34. The molecule has 1 atom stereocenters. The van der Waals surface area contributed by atoms with E-state index >= 15 is 0 Å². The van der Waals surface area contributed by atoms with Crippen LogP contribution in [-0.2, 0) is 6.54 Å². The first-order valence-corrected chi connectivity index (χ1v) is 11.7. The molecule has 0 saturated carbocycles. The molecule has 0 unspecified atom stereocenters. The van der Waals surface area contributed by atoms with Crippen LogP contribution in [0.1, 0.15) is 29.3 Å². The lowest BCUT2D eigenvalue weighted by molar-refractivity contribution is -0.138. The molecule has 0 bridgehead atoms. The fourth-order valence-corrected chi connectivity index (χ4v) is 4.00. The third-order valence-corrected chi connectivity index (χ3v) is 5.91. The van der Waals surface area contributed by atoms with E-state index in [-0.39, 0.29) is 12.1 Å². The highest BCUT2D eigenvalue weighted by atomic mass is 35.5. The van der Waals surface area contributed by atoms with Crippen LogP contribution < -0.4 is 15.5 Å². The van der Waals surface area contributed by atoms with Crippen LogP contribution in [0.2, 0.25) is 5.02 Å². The molecule has 3 rings (SSSR count). The van der Waals surface area contributed by atoms with E-state index < -0.39 is 30.4 Å². The minimum Gasteiger partial charge on any atom is -0.392 e. The fraction of sp³-hybridized carbons (Fsp3) is 0.458. The summed E-state index contributed by atoms with van der Waals surface area (Å²) in [6.07, 6.45) is -5.57. The number of nitrogens with one attached hydrogen (secondary N) is 2. The number of rotatable bonds is 9. The van der Waals surface area contributed by atoms with Crippen LogP contribution in [0.25, 0.3) is 0 Å². The number of halogens is 5. The van der Waals surface area contributed by atoms with E-state index in [1.807, 2.05) is 4.90 Å². The first-order valence-electron chi connectivity index (χ1n) is 11.3. The number of carbonyl (C=O) groups excluding carboxylic acids is 1. The smallest absolute Gasteiger partial charge is 0.390 e. The largest absolute Gasteiger partial charge is 0.392 e. The first-order chi connectivity index (χ1) is 16.5. The van der Waals surface area contributed by atoms with E-state index in [1.165, 1.54) is 12.1 Å². The summed E-state index contributed by atoms with van der Waals surface area (Å²) in [6, 6.07) is 9.21. The molecule has 6 nitrogen and oxygen atoms in total. The number of nitrogens with zero attached hydrogens (tertiary/aromatic N) is 2. The average Bonchev–Trinajstić information content (AvgIpc) is 2.78. The monoisotopic (exact) mass is 516 g/mol. The quantitative estimate of drug-likeness (QED) is 0.434. The van der Waals surface area contributed by atoms with Crippen molar-refractivity contribution in [1.82, 2.24) is 10.2 Å². The third-order valence-electron chi connectivity index (χ3n) is 5.68. The maximum absolute atomic E-state index is 14.7. The van der Waals surface area contributed by atoms with Crippen LogP contribution >= 0.6 is 11.6 Å². The Balaban J connectivity index is 1.66. The Labute approximate surface area is 206 Å². The molecule has 1 aliphatic heterocycles. The number of hydrogen-bond acceptors (Lipinski definition) is 5.